The number of nitrogens with one attached hydrogen (secondary N) is 2. The molecule has 0 aliphatic carbocycles. The second-order valence-electron chi connectivity index (χ2n) is 7.01. The SMILES string of the molecule is COc1ccc(C(CC(=O)NCc2ccco2)c2c[nH]c3cccc(OC)c23)cc1. The molecular formula is C24H24N2O4. The summed E-state index contributed by atoms with van der Waals surface area (Å²) in [5, 5.41) is 3.93. The van der Waals surface area contributed by atoms with Crippen molar-refractivity contribution >= 4 is 16.8 Å². The van der Waals surface area contributed by atoms with E-state index in [-0.39, 0.29) is 18.2 Å². The lowest BCUT2D eigenvalue weighted by Gasteiger charge is -2.18. The van der Waals surface area contributed by atoms with Crippen LogP contribution in [0.1, 0.15) is 29.2 Å². The van der Waals surface area contributed by atoms with E-state index in [4.69, 9.17) is 13.9 Å². The predicted molar refractivity (Wildman–Crippen MR) is 115 cm³/mol. The van der Waals surface area contributed by atoms with Crippen LogP contribution in [0.3, 0.4) is 0 Å². The minimum atomic E-state index is -0.155. The Hall–Kier alpha value is -3.67. The molecule has 2 heterocycles. The highest BCUT2D eigenvalue weighted by molar-refractivity contribution is 5.91. The average molecular weight is 404 g/mol. The summed E-state index contributed by atoms with van der Waals surface area (Å²) < 4.78 is 16.2. The Morgan fingerprint density at radius 3 is 2.60 bits per heavy atom. The van der Waals surface area contributed by atoms with Crippen LogP contribution in [0, 0.1) is 0 Å². The standard InChI is InChI=1S/C24H24N2O4/c1-28-17-10-8-16(9-11-17)19(13-23(27)26-14-18-5-4-12-30-18)20-15-25-21-6-3-7-22(29-2)24(20)21/h3-12,15,19,25H,13-14H2,1-2H3,(H,26,27). The molecule has 0 aliphatic rings. The zero-order valence-electron chi connectivity index (χ0n) is 17.0. The van der Waals surface area contributed by atoms with Crippen LogP contribution in [-0.2, 0) is 11.3 Å². The molecule has 0 bridgehead atoms. The second kappa shape index (κ2) is 8.78. The molecule has 154 valence electrons. The van der Waals surface area contributed by atoms with Gasteiger partial charge in [0.05, 0.1) is 27.0 Å². The second-order valence-corrected chi connectivity index (χ2v) is 7.01. The minimum absolute atomic E-state index is 0.0588. The van der Waals surface area contributed by atoms with Crippen LogP contribution in [-0.4, -0.2) is 25.1 Å². The van der Waals surface area contributed by atoms with E-state index in [2.05, 4.69) is 10.3 Å². The summed E-state index contributed by atoms with van der Waals surface area (Å²) in [7, 11) is 3.29. The molecule has 1 atom stereocenters. The summed E-state index contributed by atoms with van der Waals surface area (Å²) in [6, 6.07) is 17.3. The number of H-pyrrole nitrogens is 1. The summed E-state index contributed by atoms with van der Waals surface area (Å²) in [5.41, 5.74) is 3.01. The van der Waals surface area contributed by atoms with Crippen molar-refractivity contribution in [1.82, 2.24) is 10.3 Å². The van der Waals surface area contributed by atoms with Gasteiger partial charge in [0.15, 0.2) is 0 Å². The number of ether oxygens (including phenoxy) is 2. The van der Waals surface area contributed by atoms with Crippen LogP contribution < -0.4 is 14.8 Å². The molecule has 6 nitrogen and oxygen atoms in total. The van der Waals surface area contributed by atoms with Crippen LogP contribution in [0.25, 0.3) is 10.9 Å². The lowest BCUT2D eigenvalue weighted by molar-refractivity contribution is -0.121. The zero-order valence-corrected chi connectivity index (χ0v) is 17.0. The molecular weight excluding hydrogens is 380 g/mol. The van der Waals surface area contributed by atoms with Crippen LogP contribution >= 0.6 is 0 Å². The Morgan fingerprint density at radius 2 is 1.90 bits per heavy atom. The van der Waals surface area contributed by atoms with Gasteiger partial charge in [0.2, 0.25) is 5.91 Å². The third-order valence-electron chi connectivity index (χ3n) is 5.24. The maximum Gasteiger partial charge on any atom is 0.221 e. The van der Waals surface area contributed by atoms with Crippen molar-refractivity contribution < 1.29 is 18.7 Å². The molecule has 2 N–H and O–H groups in total. The number of aromatic amines is 1. The molecule has 2 aromatic heterocycles. The first kappa shape index (κ1) is 19.6. The van der Waals surface area contributed by atoms with Gasteiger partial charge < -0.3 is 24.2 Å². The highest BCUT2D eigenvalue weighted by Crippen LogP contribution is 2.38. The summed E-state index contributed by atoms with van der Waals surface area (Å²) in [5.74, 6) is 2.06. The average Bonchev–Trinajstić information content (AvgIpc) is 3.46. The van der Waals surface area contributed by atoms with E-state index in [0.29, 0.717) is 6.54 Å². The molecule has 0 saturated carbocycles. The number of hydrogen-bond donors (Lipinski definition) is 2. The van der Waals surface area contributed by atoms with E-state index in [1.807, 2.05) is 54.7 Å². The van der Waals surface area contributed by atoms with Gasteiger partial charge >= 0.3 is 0 Å². The van der Waals surface area contributed by atoms with Crippen LogP contribution in [0.4, 0.5) is 0 Å². The Kier molecular flexibility index (Phi) is 5.75. The van der Waals surface area contributed by atoms with Gasteiger partial charge in [0.25, 0.3) is 0 Å². The predicted octanol–water partition coefficient (Wildman–Crippen LogP) is 4.62. The maximum atomic E-state index is 12.8. The largest absolute Gasteiger partial charge is 0.497 e. The molecule has 0 spiro atoms. The lowest BCUT2D eigenvalue weighted by atomic mass is 9.87. The quantitative estimate of drug-likeness (QED) is 0.449. The molecule has 4 aromatic rings. The highest BCUT2D eigenvalue weighted by atomic mass is 16.5. The number of amides is 1. The Labute approximate surface area is 174 Å². The van der Waals surface area contributed by atoms with Gasteiger partial charge in [-0.1, -0.05) is 18.2 Å². The number of hydrogen-bond acceptors (Lipinski definition) is 4. The fraction of sp³-hybridized carbons (Fsp3) is 0.208. The van der Waals surface area contributed by atoms with Gasteiger partial charge in [-0.15, -0.1) is 0 Å². The molecule has 30 heavy (non-hydrogen) atoms. The van der Waals surface area contributed by atoms with Crippen LogP contribution in [0.5, 0.6) is 11.5 Å². The van der Waals surface area contributed by atoms with Gasteiger partial charge in [0, 0.05) is 29.4 Å². The van der Waals surface area contributed by atoms with E-state index < -0.39 is 0 Å². The first-order valence-corrected chi connectivity index (χ1v) is 9.76. The fourth-order valence-corrected chi connectivity index (χ4v) is 3.72. The molecule has 0 radical (unpaired) electrons. The highest BCUT2D eigenvalue weighted by Gasteiger charge is 2.23. The molecule has 0 fully saturated rings. The number of furan rings is 1. The molecule has 1 unspecified atom stereocenters. The Morgan fingerprint density at radius 1 is 1.07 bits per heavy atom. The van der Waals surface area contributed by atoms with Crippen molar-refractivity contribution in [3.63, 3.8) is 0 Å². The van der Waals surface area contributed by atoms with Gasteiger partial charge in [-0.3, -0.25) is 4.79 Å². The molecule has 0 saturated heterocycles. The summed E-state index contributed by atoms with van der Waals surface area (Å²) in [6.45, 7) is 0.359. The normalized spacial score (nSPS) is 11.9. The Bertz CT molecular complexity index is 1110. The maximum absolute atomic E-state index is 12.8. The summed E-state index contributed by atoms with van der Waals surface area (Å²) >= 11 is 0. The first-order chi connectivity index (χ1) is 14.7. The van der Waals surface area contributed by atoms with Crippen molar-refractivity contribution in [3.05, 3.63) is 83.9 Å². The summed E-state index contributed by atoms with van der Waals surface area (Å²) in [4.78, 5) is 16.1. The molecule has 1 amide bonds. The van der Waals surface area contributed by atoms with Crippen molar-refractivity contribution in [3.8, 4) is 11.5 Å². The lowest BCUT2D eigenvalue weighted by Crippen LogP contribution is -2.24. The minimum Gasteiger partial charge on any atom is -0.497 e. The van der Waals surface area contributed by atoms with E-state index in [9.17, 15) is 4.79 Å². The van der Waals surface area contributed by atoms with Crippen molar-refractivity contribution in [2.75, 3.05) is 14.2 Å². The van der Waals surface area contributed by atoms with Crippen molar-refractivity contribution in [2.24, 2.45) is 0 Å². The fourth-order valence-electron chi connectivity index (χ4n) is 3.72. The van der Waals surface area contributed by atoms with Gasteiger partial charge in [-0.2, -0.15) is 0 Å². The van der Waals surface area contributed by atoms with Gasteiger partial charge in [-0.25, -0.2) is 0 Å². The zero-order chi connectivity index (χ0) is 20.9. The number of fused-ring (bicyclic) bond motifs is 1. The third-order valence-corrected chi connectivity index (χ3v) is 5.24. The molecule has 0 aliphatic heterocycles. The van der Waals surface area contributed by atoms with E-state index in [0.717, 1.165) is 39.3 Å². The van der Waals surface area contributed by atoms with Crippen molar-refractivity contribution in [2.45, 2.75) is 18.9 Å². The number of benzene rings is 2. The number of aromatic nitrogens is 1. The molecule has 4 rings (SSSR count). The van der Waals surface area contributed by atoms with E-state index >= 15 is 0 Å². The smallest absolute Gasteiger partial charge is 0.221 e. The third kappa shape index (κ3) is 4.03. The van der Waals surface area contributed by atoms with Crippen LogP contribution in [0.2, 0.25) is 0 Å². The monoisotopic (exact) mass is 404 g/mol. The number of methoxy groups -OCH3 is 2. The van der Waals surface area contributed by atoms with Crippen molar-refractivity contribution in [1.29, 1.82) is 0 Å². The Balaban J connectivity index is 1.67. The number of carbonyl (C=O) groups excluding carboxylic acids is 1. The van der Waals surface area contributed by atoms with Crippen LogP contribution in [0.15, 0.2) is 71.5 Å². The topological polar surface area (TPSA) is 76.5 Å². The summed E-state index contributed by atoms with van der Waals surface area (Å²) in [6.07, 6.45) is 3.85. The van der Waals surface area contributed by atoms with Gasteiger partial charge in [0.1, 0.15) is 17.3 Å². The first-order valence-electron chi connectivity index (χ1n) is 9.76. The number of carbonyl (C=O) groups is 1. The molecule has 6 heteroatoms. The number of rotatable bonds is 8. The van der Waals surface area contributed by atoms with Gasteiger partial charge in [-0.05, 0) is 47.5 Å². The van der Waals surface area contributed by atoms with E-state index in [1.54, 1.807) is 26.5 Å². The molecule has 2 aromatic carbocycles. The van der Waals surface area contributed by atoms with E-state index in [1.165, 1.54) is 0 Å².